The van der Waals surface area contributed by atoms with Crippen LogP contribution in [-0.4, -0.2) is 30.7 Å². The predicted octanol–water partition coefficient (Wildman–Crippen LogP) is 3.44. The highest BCUT2D eigenvalue weighted by Gasteiger charge is 2.29. The maximum atomic E-state index is 5.54. The van der Waals surface area contributed by atoms with E-state index in [9.17, 15) is 0 Å². The molecule has 0 radical (unpaired) electrons. The minimum absolute atomic E-state index is 0.810. The Morgan fingerprint density at radius 1 is 0.952 bits per heavy atom. The van der Waals surface area contributed by atoms with Crippen molar-refractivity contribution in [1.82, 2.24) is 0 Å². The molecular formula is C20H20N+. The molecule has 104 valence electrons. The third-order valence-electron chi connectivity index (χ3n) is 4.37. The Morgan fingerprint density at radius 3 is 2.52 bits per heavy atom. The van der Waals surface area contributed by atoms with Crippen molar-refractivity contribution >= 4 is 10.8 Å². The van der Waals surface area contributed by atoms with Gasteiger partial charge in [0.05, 0.1) is 13.1 Å². The van der Waals surface area contributed by atoms with Gasteiger partial charge in [-0.25, -0.2) is 0 Å². The summed E-state index contributed by atoms with van der Waals surface area (Å²) in [4.78, 5) is 0. The standard InChI is InChI=1S/C20H20N/c1-2-14-21(15-5-6-16-21)17-8-12-19-11-7-10-18-9-3-4-13-20(18)19/h1,3-4,7,9-11,13H,5-6,14-17H2/q+1. The van der Waals surface area contributed by atoms with Crippen molar-refractivity contribution in [2.24, 2.45) is 0 Å². The van der Waals surface area contributed by atoms with Gasteiger partial charge in [0.15, 0.2) is 0 Å². The molecular weight excluding hydrogens is 254 g/mol. The lowest BCUT2D eigenvalue weighted by atomic mass is 10.1. The summed E-state index contributed by atoms with van der Waals surface area (Å²) in [5.41, 5.74) is 1.12. The van der Waals surface area contributed by atoms with E-state index in [-0.39, 0.29) is 0 Å². The van der Waals surface area contributed by atoms with Crippen molar-refractivity contribution in [3.63, 3.8) is 0 Å². The molecule has 0 saturated carbocycles. The van der Waals surface area contributed by atoms with Gasteiger partial charge in [0.1, 0.15) is 13.1 Å². The van der Waals surface area contributed by atoms with Gasteiger partial charge in [-0.15, -0.1) is 6.42 Å². The van der Waals surface area contributed by atoms with E-state index in [0.29, 0.717) is 0 Å². The maximum Gasteiger partial charge on any atom is 0.142 e. The van der Waals surface area contributed by atoms with E-state index in [1.807, 2.05) is 0 Å². The molecule has 0 N–H and O–H groups in total. The van der Waals surface area contributed by atoms with Crippen LogP contribution in [0.5, 0.6) is 0 Å². The third kappa shape index (κ3) is 2.94. The summed E-state index contributed by atoms with van der Waals surface area (Å²) in [5.74, 6) is 9.58. The first-order valence-electron chi connectivity index (χ1n) is 7.58. The molecule has 3 rings (SSSR count). The highest BCUT2D eigenvalue weighted by atomic mass is 15.4. The van der Waals surface area contributed by atoms with Crippen molar-refractivity contribution in [2.45, 2.75) is 12.8 Å². The average Bonchev–Trinajstić information content (AvgIpc) is 2.97. The number of terminal acetylenes is 1. The highest BCUT2D eigenvalue weighted by Crippen LogP contribution is 2.19. The molecule has 0 spiro atoms. The van der Waals surface area contributed by atoms with Crippen LogP contribution in [0.4, 0.5) is 0 Å². The first-order chi connectivity index (χ1) is 10.3. The first kappa shape index (κ1) is 13.7. The number of likely N-dealkylation sites (tertiary alicyclic amines) is 1. The number of hydrogen-bond donors (Lipinski definition) is 0. The molecule has 0 bridgehead atoms. The molecule has 1 fully saturated rings. The number of rotatable bonds is 2. The van der Waals surface area contributed by atoms with E-state index in [1.54, 1.807) is 0 Å². The number of benzene rings is 2. The predicted molar refractivity (Wildman–Crippen MR) is 88.6 cm³/mol. The van der Waals surface area contributed by atoms with E-state index in [4.69, 9.17) is 6.42 Å². The number of nitrogens with zero attached hydrogens (tertiary/aromatic N) is 1. The Bertz CT molecular complexity index is 728. The topological polar surface area (TPSA) is 0 Å². The van der Waals surface area contributed by atoms with Crippen LogP contribution in [0.25, 0.3) is 10.8 Å². The molecule has 1 aliphatic rings. The van der Waals surface area contributed by atoms with Crippen LogP contribution in [0, 0.1) is 24.2 Å². The second-order valence-corrected chi connectivity index (χ2v) is 5.84. The molecule has 2 aromatic carbocycles. The lowest BCUT2D eigenvalue weighted by Crippen LogP contribution is -2.45. The van der Waals surface area contributed by atoms with Gasteiger partial charge < -0.3 is 4.48 Å². The summed E-state index contributed by atoms with van der Waals surface area (Å²) in [6, 6.07) is 14.7. The Hall–Kier alpha value is -2.22. The number of fused-ring (bicyclic) bond motifs is 1. The fraction of sp³-hybridized carbons (Fsp3) is 0.300. The van der Waals surface area contributed by atoms with Gasteiger partial charge in [-0.05, 0) is 28.7 Å². The zero-order chi connectivity index (χ0) is 14.5. The van der Waals surface area contributed by atoms with Gasteiger partial charge in [0.2, 0.25) is 0 Å². The molecule has 0 atom stereocenters. The Morgan fingerprint density at radius 2 is 1.71 bits per heavy atom. The van der Waals surface area contributed by atoms with Crippen molar-refractivity contribution in [3.05, 3.63) is 48.0 Å². The number of quaternary nitrogens is 1. The van der Waals surface area contributed by atoms with Gasteiger partial charge in [-0.2, -0.15) is 0 Å². The van der Waals surface area contributed by atoms with Crippen LogP contribution >= 0.6 is 0 Å². The first-order valence-corrected chi connectivity index (χ1v) is 7.58. The minimum Gasteiger partial charge on any atom is -0.303 e. The van der Waals surface area contributed by atoms with Gasteiger partial charge in [0.25, 0.3) is 0 Å². The van der Waals surface area contributed by atoms with Crippen molar-refractivity contribution in [3.8, 4) is 24.2 Å². The molecule has 1 saturated heterocycles. The van der Waals surface area contributed by atoms with Gasteiger partial charge >= 0.3 is 0 Å². The van der Waals surface area contributed by atoms with Crippen LogP contribution in [-0.2, 0) is 0 Å². The molecule has 0 unspecified atom stereocenters. The van der Waals surface area contributed by atoms with Crippen molar-refractivity contribution in [2.75, 3.05) is 26.2 Å². The van der Waals surface area contributed by atoms with E-state index >= 15 is 0 Å². The quantitative estimate of drug-likeness (QED) is 0.581. The summed E-state index contributed by atoms with van der Waals surface area (Å²) in [7, 11) is 0. The SMILES string of the molecule is C#CC[N+]1(CC#Cc2cccc3ccccc23)CCCC1. The van der Waals surface area contributed by atoms with Crippen molar-refractivity contribution in [1.29, 1.82) is 0 Å². The molecule has 21 heavy (non-hydrogen) atoms. The largest absolute Gasteiger partial charge is 0.303 e. The zero-order valence-corrected chi connectivity index (χ0v) is 12.3. The highest BCUT2D eigenvalue weighted by molar-refractivity contribution is 5.88. The normalized spacial score (nSPS) is 16.1. The Balaban J connectivity index is 1.85. The van der Waals surface area contributed by atoms with E-state index in [0.717, 1.165) is 23.1 Å². The molecule has 0 aromatic heterocycles. The van der Waals surface area contributed by atoms with Gasteiger partial charge in [-0.1, -0.05) is 42.3 Å². The van der Waals surface area contributed by atoms with Crippen LogP contribution in [0.1, 0.15) is 18.4 Å². The number of hydrogen-bond acceptors (Lipinski definition) is 0. The van der Waals surface area contributed by atoms with Crippen LogP contribution < -0.4 is 0 Å². The lowest BCUT2D eigenvalue weighted by Gasteiger charge is -2.29. The molecule has 0 aliphatic carbocycles. The summed E-state index contributed by atoms with van der Waals surface area (Å²) in [6.45, 7) is 4.03. The van der Waals surface area contributed by atoms with Crippen LogP contribution in [0.2, 0.25) is 0 Å². The molecule has 0 amide bonds. The molecule has 1 aliphatic heterocycles. The van der Waals surface area contributed by atoms with E-state index < -0.39 is 0 Å². The maximum absolute atomic E-state index is 5.54. The lowest BCUT2D eigenvalue weighted by molar-refractivity contribution is -0.903. The summed E-state index contributed by atoms with van der Waals surface area (Å²) in [5, 5.41) is 2.48. The van der Waals surface area contributed by atoms with E-state index in [2.05, 4.69) is 60.2 Å². The monoisotopic (exact) mass is 274 g/mol. The minimum atomic E-state index is 0.810. The van der Waals surface area contributed by atoms with Crippen molar-refractivity contribution < 1.29 is 4.48 Å². The summed E-state index contributed by atoms with van der Waals surface area (Å²) in [6.07, 6.45) is 8.09. The summed E-state index contributed by atoms with van der Waals surface area (Å²) >= 11 is 0. The summed E-state index contributed by atoms with van der Waals surface area (Å²) < 4.78 is 0.980. The van der Waals surface area contributed by atoms with Crippen LogP contribution in [0.3, 0.4) is 0 Å². The fourth-order valence-corrected chi connectivity index (χ4v) is 3.21. The second kappa shape index (κ2) is 6.04. The van der Waals surface area contributed by atoms with Gasteiger partial charge in [-0.3, -0.25) is 0 Å². The average molecular weight is 274 g/mol. The van der Waals surface area contributed by atoms with E-state index in [1.165, 1.54) is 36.7 Å². The molecule has 1 nitrogen and oxygen atoms in total. The fourth-order valence-electron chi connectivity index (χ4n) is 3.21. The Labute approximate surface area is 127 Å². The molecule has 2 aromatic rings. The molecule has 1 heteroatoms. The van der Waals surface area contributed by atoms with Gasteiger partial charge in [0, 0.05) is 18.4 Å². The third-order valence-corrected chi connectivity index (χ3v) is 4.37. The smallest absolute Gasteiger partial charge is 0.142 e. The second-order valence-electron chi connectivity index (χ2n) is 5.84. The molecule has 1 heterocycles. The zero-order valence-electron chi connectivity index (χ0n) is 12.3. The Kier molecular flexibility index (Phi) is 3.96. The van der Waals surface area contributed by atoms with Crippen LogP contribution in [0.15, 0.2) is 42.5 Å².